The molecule has 1 aromatic carbocycles. The summed E-state index contributed by atoms with van der Waals surface area (Å²) < 4.78 is 0.732. The summed E-state index contributed by atoms with van der Waals surface area (Å²) in [5.74, 6) is 0.455. The molecule has 0 bridgehead atoms. The van der Waals surface area contributed by atoms with E-state index >= 15 is 0 Å². The molecule has 2 aliphatic heterocycles. The van der Waals surface area contributed by atoms with E-state index in [4.69, 9.17) is 0 Å². The first-order chi connectivity index (χ1) is 7.92. The molecule has 0 radical (unpaired) electrons. The quantitative estimate of drug-likeness (QED) is 0.799. The van der Waals surface area contributed by atoms with Gasteiger partial charge < -0.3 is 10.0 Å². The minimum Gasteiger partial charge on any atom is -0.506 e. The molecule has 1 N–H and O–H groups in total. The van der Waals surface area contributed by atoms with E-state index in [0.29, 0.717) is 6.42 Å². The lowest BCUT2D eigenvalue weighted by molar-refractivity contribution is -0.120. The molecule has 0 unspecified atom stereocenters. The number of anilines is 1. The molecular weight excluding hydrogens is 282 g/mol. The molecule has 2 aliphatic rings. The summed E-state index contributed by atoms with van der Waals surface area (Å²) in [6.45, 7) is 4.78. The third-order valence-corrected chi connectivity index (χ3v) is 4.36. The third-order valence-electron chi connectivity index (χ3n) is 3.75. The molecule has 0 fully saturated rings. The number of rotatable bonds is 0. The van der Waals surface area contributed by atoms with Gasteiger partial charge in [0.05, 0.1) is 10.2 Å². The Hall–Kier alpha value is -1.03. The number of phenols is 1. The van der Waals surface area contributed by atoms with Crippen molar-refractivity contribution in [1.82, 2.24) is 0 Å². The molecule has 0 atom stereocenters. The number of amides is 1. The predicted molar refractivity (Wildman–Crippen MR) is 69.5 cm³/mol. The summed E-state index contributed by atoms with van der Waals surface area (Å²) in [5, 5.41) is 10.3. The second-order valence-corrected chi connectivity index (χ2v) is 6.30. The fourth-order valence-electron chi connectivity index (χ4n) is 2.98. The number of aromatic hydroxyl groups is 1. The van der Waals surface area contributed by atoms with Gasteiger partial charge in [0.25, 0.3) is 0 Å². The zero-order valence-electron chi connectivity index (χ0n) is 9.88. The maximum Gasteiger partial charge on any atom is 0.227 e. The van der Waals surface area contributed by atoms with Gasteiger partial charge in [-0.3, -0.25) is 4.79 Å². The summed E-state index contributed by atoms with van der Waals surface area (Å²) in [4.78, 5) is 13.9. The first-order valence-corrected chi connectivity index (χ1v) is 6.56. The van der Waals surface area contributed by atoms with E-state index in [0.717, 1.165) is 34.3 Å². The van der Waals surface area contributed by atoms with Crippen LogP contribution in [-0.4, -0.2) is 17.6 Å². The predicted octanol–water partition coefficient (Wildman–Crippen LogP) is 2.73. The summed E-state index contributed by atoms with van der Waals surface area (Å²) in [6, 6.07) is 1.93. The zero-order valence-corrected chi connectivity index (χ0v) is 11.5. The molecule has 0 saturated carbocycles. The molecule has 0 aromatic heterocycles. The van der Waals surface area contributed by atoms with Gasteiger partial charge in [-0.25, -0.2) is 0 Å². The number of halogens is 1. The molecule has 4 heteroatoms. The molecule has 90 valence electrons. The fourth-order valence-corrected chi connectivity index (χ4v) is 3.45. The summed E-state index contributed by atoms with van der Waals surface area (Å²) >= 11 is 3.40. The number of nitrogens with zero attached hydrogens (tertiary/aromatic N) is 1. The molecule has 1 aromatic rings. The van der Waals surface area contributed by atoms with E-state index in [-0.39, 0.29) is 17.1 Å². The van der Waals surface area contributed by atoms with Crippen molar-refractivity contribution in [3.8, 4) is 5.75 Å². The Morgan fingerprint density at radius 1 is 1.47 bits per heavy atom. The lowest BCUT2D eigenvalue weighted by Gasteiger charge is -2.37. The second kappa shape index (κ2) is 3.25. The Morgan fingerprint density at radius 2 is 2.18 bits per heavy atom. The first-order valence-electron chi connectivity index (χ1n) is 5.77. The molecule has 3 rings (SSSR count). The van der Waals surface area contributed by atoms with Crippen LogP contribution in [0.5, 0.6) is 5.75 Å². The van der Waals surface area contributed by atoms with Crippen molar-refractivity contribution < 1.29 is 9.90 Å². The van der Waals surface area contributed by atoms with Crippen molar-refractivity contribution >= 4 is 27.5 Å². The minimum atomic E-state index is -0.296. The fraction of sp³-hybridized carbons (Fsp3) is 0.462. The number of carbonyl (C=O) groups excluding carboxylic acids is 1. The largest absolute Gasteiger partial charge is 0.506 e. The van der Waals surface area contributed by atoms with Crippen LogP contribution in [0.25, 0.3) is 0 Å². The van der Waals surface area contributed by atoms with Gasteiger partial charge in [0, 0.05) is 23.9 Å². The normalized spacial score (nSPS) is 20.6. The van der Waals surface area contributed by atoms with Crippen molar-refractivity contribution in [2.75, 3.05) is 11.4 Å². The van der Waals surface area contributed by atoms with Crippen LogP contribution in [0.4, 0.5) is 5.69 Å². The number of benzene rings is 1. The zero-order chi connectivity index (χ0) is 12.4. The van der Waals surface area contributed by atoms with E-state index in [9.17, 15) is 9.90 Å². The Kier molecular flexibility index (Phi) is 2.12. The summed E-state index contributed by atoms with van der Waals surface area (Å²) in [7, 11) is 0. The number of phenolic OH excluding ortho intramolecular Hbond substituents is 1. The van der Waals surface area contributed by atoms with Crippen LogP contribution in [0.15, 0.2) is 10.5 Å². The van der Waals surface area contributed by atoms with E-state index in [1.54, 1.807) is 0 Å². The molecule has 2 heterocycles. The topological polar surface area (TPSA) is 40.5 Å². The third kappa shape index (κ3) is 1.36. The number of hydrogen-bond acceptors (Lipinski definition) is 2. The van der Waals surface area contributed by atoms with E-state index in [1.807, 2.05) is 24.8 Å². The van der Waals surface area contributed by atoms with Crippen molar-refractivity contribution in [3.05, 3.63) is 21.7 Å². The molecule has 0 aliphatic carbocycles. The van der Waals surface area contributed by atoms with Crippen LogP contribution in [0.2, 0.25) is 0 Å². The van der Waals surface area contributed by atoms with Crippen LogP contribution < -0.4 is 4.90 Å². The van der Waals surface area contributed by atoms with Crippen LogP contribution >= 0.6 is 15.9 Å². The first kappa shape index (κ1) is 11.1. The van der Waals surface area contributed by atoms with Gasteiger partial charge in [0.15, 0.2) is 0 Å². The number of hydrogen-bond donors (Lipinski definition) is 1. The lowest BCUT2D eigenvalue weighted by Crippen LogP contribution is -2.40. The van der Waals surface area contributed by atoms with Crippen LogP contribution in [0.3, 0.4) is 0 Å². The Bertz CT molecular complexity index is 537. The molecular formula is C13H14BrNO2. The van der Waals surface area contributed by atoms with Gasteiger partial charge in [-0.05, 0) is 34.0 Å². The van der Waals surface area contributed by atoms with Gasteiger partial charge in [-0.15, -0.1) is 0 Å². The Morgan fingerprint density at radius 3 is 2.88 bits per heavy atom. The highest BCUT2D eigenvalue weighted by molar-refractivity contribution is 9.10. The monoisotopic (exact) mass is 295 g/mol. The van der Waals surface area contributed by atoms with Gasteiger partial charge in [0.2, 0.25) is 5.91 Å². The standard InChI is InChI=1S/C13H14BrNO2/c1-13(2)6-9(16)15-4-3-7-5-8(14)12(17)10(13)11(7)15/h5,17H,3-4,6H2,1-2H3. The second-order valence-electron chi connectivity index (χ2n) is 5.45. The van der Waals surface area contributed by atoms with Crippen LogP contribution in [-0.2, 0) is 16.6 Å². The van der Waals surface area contributed by atoms with Crippen molar-refractivity contribution in [2.45, 2.75) is 32.1 Å². The van der Waals surface area contributed by atoms with Gasteiger partial charge in [-0.1, -0.05) is 13.8 Å². The van der Waals surface area contributed by atoms with Gasteiger partial charge >= 0.3 is 0 Å². The van der Waals surface area contributed by atoms with Gasteiger partial charge in [-0.2, -0.15) is 0 Å². The maximum absolute atomic E-state index is 12.1. The highest BCUT2D eigenvalue weighted by Gasteiger charge is 2.42. The van der Waals surface area contributed by atoms with E-state index in [2.05, 4.69) is 15.9 Å². The summed E-state index contributed by atoms with van der Waals surface area (Å²) in [5.41, 5.74) is 2.73. The van der Waals surface area contributed by atoms with Gasteiger partial charge in [0.1, 0.15) is 5.75 Å². The molecule has 17 heavy (non-hydrogen) atoms. The minimum absolute atomic E-state index is 0.169. The highest BCUT2D eigenvalue weighted by Crippen LogP contribution is 2.51. The SMILES string of the molecule is CC1(C)CC(=O)N2CCc3cc(Br)c(O)c1c32. The van der Waals surface area contributed by atoms with E-state index in [1.165, 1.54) is 0 Å². The molecule has 0 saturated heterocycles. The van der Waals surface area contributed by atoms with Crippen LogP contribution in [0, 0.1) is 0 Å². The average Bonchev–Trinajstić information content (AvgIpc) is 2.60. The highest BCUT2D eigenvalue weighted by atomic mass is 79.9. The number of carbonyl (C=O) groups is 1. The smallest absolute Gasteiger partial charge is 0.227 e. The van der Waals surface area contributed by atoms with Crippen LogP contribution in [0.1, 0.15) is 31.4 Å². The Balaban J connectivity index is 2.37. The maximum atomic E-state index is 12.1. The van der Waals surface area contributed by atoms with E-state index < -0.39 is 0 Å². The molecule has 3 nitrogen and oxygen atoms in total. The molecule has 0 spiro atoms. The average molecular weight is 296 g/mol. The van der Waals surface area contributed by atoms with Crippen molar-refractivity contribution in [2.24, 2.45) is 0 Å². The Labute approximate surface area is 109 Å². The van der Waals surface area contributed by atoms with Crippen molar-refractivity contribution in [1.29, 1.82) is 0 Å². The molecule has 1 amide bonds. The van der Waals surface area contributed by atoms with Crippen molar-refractivity contribution in [3.63, 3.8) is 0 Å². The summed E-state index contributed by atoms with van der Waals surface area (Å²) in [6.07, 6.45) is 1.34. The lowest BCUT2D eigenvalue weighted by atomic mass is 9.76.